The molecule has 1 aliphatic heterocycles. The van der Waals surface area contributed by atoms with Crippen molar-refractivity contribution >= 4 is 83.4 Å². The fourth-order valence-electron chi connectivity index (χ4n) is 11.3. The van der Waals surface area contributed by atoms with Gasteiger partial charge in [-0.05, 0) is 94.9 Å². The molecule has 11 aromatic carbocycles. The summed E-state index contributed by atoms with van der Waals surface area (Å²) >= 11 is 1.90. The Hall–Kier alpha value is -8.28. The molecule has 4 heteroatoms. The summed E-state index contributed by atoms with van der Waals surface area (Å²) in [6.45, 7) is -0.0843. The Bertz CT molecular complexity index is 3710. The van der Waals surface area contributed by atoms with Crippen LogP contribution >= 0.6 is 11.3 Å². The van der Waals surface area contributed by atoms with E-state index in [0.29, 0.717) is 0 Å². The van der Waals surface area contributed by atoms with Gasteiger partial charge in [0.25, 0.3) is 6.71 Å². The molecule has 0 bridgehead atoms. The zero-order valence-corrected chi connectivity index (χ0v) is 40.2. The van der Waals surface area contributed by atoms with Crippen molar-refractivity contribution in [3.63, 3.8) is 0 Å². The summed E-state index contributed by atoms with van der Waals surface area (Å²) < 4.78 is 9.22. The third-order valence-corrected chi connectivity index (χ3v) is 20.4. The maximum absolute atomic E-state index is 6.66. The lowest BCUT2D eigenvalue weighted by Crippen LogP contribution is -2.74. The summed E-state index contributed by atoms with van der Waals surface area (Å²) in [4.78, 5) is 0. The van der Waals surface area contributed by atoms with E-state index in [4.69, 9.17) is 4.74 Å². The molecule has 0 aliphatic carbocycles. The van der Waals surface area contributed by atoms with Crippen LogP contribution in [0.15, 0.2) is 273 Å². The lowest BCUT2D eigenvalue weighted by Gasteiger charge is -2.34. The smallest absolute Gasteiger partial charge is 0.252 e. The zero-order valence-electron chi connectivity index (χ0n) is 38.4. The van der Waals surface area contributed by atoms with Crippen molar-refractivity contribution in [2.75, 3.05) is 0 Å². The van der Waals surface area contributed by atoms with Gasteiger partial charge in [-0.25, -0.2) is 0 Å². The van der Waals surface area contributed by atoms with Crippen LogP contribution in [0.1, 0.15) is 0 Å². The van der Waals surface area contributed by atoms with E-state index < -0.39 is 8.07 Å². The van der Waals surface area contributed by atoms with E-state index >= 15 is 0 Å². The molecule has 0 saturated carbocycles. The van der Waals surface area contributed by atoms with Gasteiger partial charge >= 0.3 is 0 Å². The lowest BCUT2D eigenvalue weighted by molar-refractivity contribution is 0.487. The number of hydrogen-bond acceptors (Lipinski definition) is 2. The second kappa shape index (κ2) is 17.7. The molecule has 0 atom stereocenters. The average molecular weight is 925 g/mol. The van der Waals surface area contributed by atoms with Crippen LogP contribution in [0.4, 0.5) is 0 Å². The summed E-state index contributed by atoms with van der Waals surface area (Å²) in [6, 6.07) is 101. The van der Waals surface area contributed by atoms with Crippen LogP contribution < -0.4 is 41.9 Å². The van der Waals surface area contributed by atoms with Gasteiger partial charge in [0.05, 0.1) is 0 Å². The van der Waals surface area contributed by atoms with Crippen molar-refractivity contribution in [2.45, 2.75) is 0 Å². The first-order chi connectivity index (χ1) is 34.7. The Balaban J connectivity index is 1.02. The van der Waals surface area contributed by atoms with Crippen LogP contribution in [0.5, 0.6) is 11.5 Å². The van der Waals surface area contributed by atoms with Gasteiger partial charge in [-0.2, -0.15) is 0 Å². The predicted octanol–water partition coefficient (Wildman–Crippen LogP) is 12.7. The number of benzene rings is 11. The summed E-state index contributed by atoms with van der Waals surface area (Å²) in [5.74, 6) is 1.80. The maximum Gasteiger partial charge on any atom is 0.252 e. The molecule has 1 nitrogen and oxygen atoms in total. The van der Waals surface area contributed by atoms with Crippen LogP contribution in [0, 0.1) is 0 Å². The molecule has 0 amide bonds. The normalized spacial score (nSPS) is 12.1. The van der Waals surface area contributed by atoms with E-state index in [-0.39, 0.29) is 6.71 Å². The van der Waals surface area contributed by atoms with Gasteiger partial charge in [0.15, 0.2) is 8.07 Å². The van der Waals surface area contributed by atoms with Crippen LogP contribution in [0.25, 0.3) is 64.7 Å². The molecule has 1 aromatic heterocycles. The topological polar surface area (TPSA) is 9.23 Å². The average Bonchev–Trinajstić information content (AvgIpc) is 3.82. The van der Waals surface area contributed by atoms with Crippen molar-refractivity contribution in [3.8, 4) is 56.0 Å². The van der Waals surface area contributed by atoms with Crippen molar-refractivity contribution < 1.29 is 4.74 Å². The first-order valence-corrected chi connectivity index (χ1v) is 26.9. The first kappa shape index (κ1) is 41.9. The summed E-state index contributed by atoms with van der Waals surface area (Å²) in [6.07, 6.45) is 0. The van der Waals surface area contributed by atoms with Crippen LogP contribution in [0.2, 0.25) is 0 Å². The molecule has 0 N–H and O–H groups in total. The van der Waals surface area contributed by atoms with Gasteiger partial charge in [-0.3, -0.25) is 0 Å². The zero-order chi connectivity index (χ0) is 46.4. The summed E-state index contributed by atoms with van der Waals surface area (Å²) in [5.41, 5.74) is 13.3. The van der Waals surface area contributed by atoms with Gasteiger partial charge in [0.1, 0.15) is 11.5 Å². The second-order valence-corrected chi connectivity index (χ2v) is 23.1. The summed E-state index contributed by atoms with van der Waals surface area (Å²) in [7, 11) is -2.71. The fraction of sp³-hybridized carbons (Fsp3) is 0. The summed E-state index contributed by atoms with van der Waals surface area (Å²) in [5, 5.41) is 8.03. The molecule has 328 valence electrons. The van der Waals surface area contributed by atoms with E-state index in [1.165, 1.54) is 102 Å². The van der Waals surface area contributed by atoms with E-state index in [9.17, 15) is 0 Å². The highest BCUT2D eigenvalue weighted by atomic mass is 32.1. The quantitative estimate of drug-likeness (QED) is 0.104. The highest BCUT2D eigenvalue weighted by molar-refractivity contribution is 7.26. The number of fused-ring (bicyclic) bond motifs is 5. The van der Waals surface area contributed by atoms with E-state index in [1.54, 1.807) is 0 Å². The molecule has 0 radical (unpaired) electrons. The van der Waals surface area contributed by atoms with E-state index in [1.807, 2.05) is 11.3 Å². The highest BCUT2D eigenvalue weighted by Crippen LogP contribution is 2.45. The molecule has 0 saturated heterocycles. The Morgan fingerprint density at radius 2 is 0.814 bits per heavy atom. The first-order valence-electron chi connectivity index (χ1n) is 24.1. The van der Waals surface area contributed by atoms with Crippen LogP contribution in [-0.2, 0) is 0 Å². The van der Waals surface area contributed by atoms with Gasteiger partial charge in [-0.15, -0.1) is 11.3 Å². The molecule has 0 spiro atoms. The third-order valence-electron chi connectivity index (χ3n) is 14.4. The van der Waals surface area contributed by atoms with Crippen molar-refractivity contribution in [3.05, 3.63) is 273 Å². The Kier molecular flexibility index (Phi) is 10.6. The molecule has 0 unspecified atom stereocenters. The van der Waals surface area contributed by atoms with Gasteiger partial charge in [0.2, 0.25) is 0 Å². The van der Waals surface area contributed by atoms with Gasteiger partial charge in [0, 0.05) is 25.7 Å². The van der Waals surface area contributed by atoms with Gasteiger partial charge in [-0.1, -0.05) is 254 Å². The number of para-hydroxylation sites is 2. The van der Waals surface area contributed by atoms with Crippen LogP contribution in [0.3, 0.4) is 0 Å². The van der Waals surface area contributed by atoms with Gasteiger partial charge < -0.3 is 4.74 Å². The molecule has 2 heterocycles. The van der Waals surface area contributed by atoms with Crippen LogP contribution in [-0.4, -0.2) is 14.8 Å². The minimum atomic E-state index is -2.71. The SMILES string of the molecule is c1ccc(-c2ccc(-c3cccc4c3sc3ccc(-c5cccc([Si](c6ccccc6)(c6ccccc6)c6ccccc6)c5)cc34)c(-c3ccccc3)c2B2c3ccccc3Oc3ccccc32)cc1. The molecule has 70 heavy (non-hydrogen) atoms. The molecule has 12 aromatic rings. The number of hydrogen-bond donors (Lipinski definition) is 0. The second-order valence-electron chi connectivity index (χ2n) is 18.2. The minimum absolute atomic E-state index is 0.0843. The lowest BCUT2D eigenvalue weighted by atomic mass is 9.34. The van der Waals surface area contributed by atoms with E-state index in [0.717, 1.165) is 11.5 Å². The van der Waals surface area contributed by atoms with Crippen molar-refractivity contribution in [1.82, 2.24) is 0 Å². The largest absolute Gasteiger partial charge is 0.458 e. The standard InChI is InChI=1S/C66H45BOSSi/c1-6-22-46(23-7-1)54-41-42-55(64(47-24-8-2-9-25-47)65(54)67-59-36-16-18-38-61(59)68-62-39-19-17-37-60(62)67)56-34-21-35-57-58-45-49(40-43-63(58)69-66(56)57)48-26-20-33-53(44-48)70(50-27-10-3-11-28-50,51-29-12-4-13-30-51)52-31-14-5-15-32-52/h1-45H. The molecular weight excluding hydrogens is 880 g/mol. The van der Waals surface area contributed by atoms with Crippen molar-refractivity contribution in [1.29, 1.82) is 0 Å². The molecule has 0 fully saturated rings. The third kappa shape index (κ3) is 6.98. The number of thiophene rings is 1. The van der Waals surface area contributed by atoms with E-state index in [2.05, 4.69) is 273 Å². The Morgan fingerprint density at radius 3 is 1.43 bits per heavy atom. The highest BCUT2D eigenvalue weighted by Gasteiger charge is 2.42. The molecule has 13 rings (SSSR count). The minimum Gasteiger partial charge on any atom is -0.458 e. The maximum atomic E-state index is 6.66. The predicted molar refractivity (Wildman–Crippen MR) is 302 cm³/mol. The van der Waals surface area contributed by atoms with Crippen molar-refractivity contribution in [2.24, 2.45) is 0 Å². The Labute approximate surface area is 414 Å². The fourth-order valence-corrected chi connectivity index (χ4v) is 17.3. The molecule has 1 aliphatic rings. The number of rotatable bonds is 9. The number of ether oxygens (including phenoxy) is 1. The Morgan fingerprint density at radius 1 is 0.329 bits per heavy atom. The monoisotopic (exact) mass is 924 g/mol. The molecular formula is C66H45BOSSi.